The molecule has 162 valence electrons. The SMILES string of the molecule is COc1ccc(C(=O)Nc2cc(C)ccc2C)cc1S(=O)(=O)NC1CCCCC1C. The zero-order valence-corrected chi connectivity index (χ0v) is 18.8. The van der Waals surface area contributed by atoms with Crippen molar-refractivity contribution < 1.29 is 17.9 Å². The highest BCUT2D eigenvalue weighted by Gasteiger charge is 2.29. The molecule has 1 amide bonds. The highest BCUT2D eigenvalue weighted by molar-refractivity contribution is 7.89. The number of hydrogen-bond acceptors (Lipinski definition) is 4. The van der Waals surface area contributed by atoms with Crippen LogP contribution in [0.15, 0.2) is 41.3 Å². The maximum Gasteiger partial charge on any atom is 0.255 e. The van der Waals surface area contributed by atoms with Crippen LogP contribution in [-0.2, 0) is 10.0 Å². The van der Waals surface area contributed by atoms with E-state index in [-0.39, 0.29) is 34.1 Å². The van der Waals surface area contributed by atoms with Crippen molar-refractivity contribution in [2.45, 2.75) is 57.4 Å². The van der Waals surface area contributed by atoms with Crippen LogP contribution >= 0.6 is 0 Å². The van der Waals surface area contributed by atoms with Gasteiger partial charge in [-0.25, -0.2) is 13.1 Å². The van der Waals surface area contributed by atoms with Crippen LogP contribution in [0.1, 0.15) is 54.1 Å². The van der Waals surface area contributed by atoms with Gasteiger partial charge < -0.3 is 10.1 Å². The Morgan fingerprint density at radius 2 is 1.80 bits per heavy atom. The first-order chi connectivity index (χ1) is 14.2. The number of carbonyl (C=O) groups excluding carboxylic acids is 1. The first kappa shape index (κ1) is 22.3. The van der Waals surface area contributed by atoms with Gasteiger partial charge in [0.1, 0.15) is 10.6 Å². The van der Waals surface area contributed by atoms with Gasteiger partial charge in [-0.05, 0) is 68.0 Å². The van der Waals surface area contributed by atoms with E-state index >= 15 is 0 Å². The maximum atomic E-state index is 13.1. The Balaban J connectivity index is 1.89. The Morgan fingerprint density at radius 3 is 2.50 bits per heavy atom. The molecular weight excluding hydrogens is 400 g/mol. The molecule has 7 heteroatoms. The first-order valence-corrected chi connectivity index (χ1v) is 11.8. The fraction of sp³-hybridized carbons (Fsp3) is 0.435. The lowest BCUT2D eigenvalue weighted by Crippen LogP contribution is -2.41. The van der Waals surface area contributed by atoms with E-state index in [4.69, 9.17) is 4.74 Å². The molecule has 0 bridgehead atoms. The highest BCUT2D eigenvalue weighted by atomic mass is 32.2. The molecule has 2 atom stereocenters. The summed E-state index contributed by atoms with van der Waals surface area (Å²) in [5.41, 5.74) is 2.92. The van der Waals surface area contributed by atoms with Gasteiger partial charge in [-0.15, -0.1) is 0 Å². The van der Waals surface area contributed by atoms with Crippen molar-refractivity contribution in [3.63, 3.8) is 0 Å². The molecule has 0 aliphatic heterocycles. The van der Waals surface area contributed by atoms with E-state index in [1.54, 1.807) is 6.07 Å². The Bertz CT molecular complexity index is 1030. The molecule has 2 aromatic rings. The fourth-order valence-electron chi connectivity index (χ4n) is 3.85. The van der Waals surface area contributed by atoms with Crippen LogP contribution in [0.4, 0.5) is 5.69 Å². The van der Waals surface area contributed by atoms with Gasteiger partial charge in [0.05, 0.1) is 7.11 Å². The van der Waals surface area contributed by atoms with Gasteiger partial charge in [0.15, 0.2) is 0 Å². The van der Waals surface area contributed by atoms with E-state index in [1.807, 2.05) is 32.0 Å². The summed E-state index contributed by atoms with van der Waals surface area (Å²) in [6.45, 7) is 5.93. The van der Waals surface area contributed by atoms with Crippen molar-refractivity contribution in [2.75, 3.05) is 12.4 Å². The third kappa shape index (κ3) is 5.02. The molecule has 0 radical (unpaired) electrons. The third-order valence-corrected chi connectivity index (χ3v) is 7.29. The number of amides is 1. The summed E-state index contributed by atoms with van der Waals surface area (Å²) in [5.74, 6) is 0.124. The minimum atomic E-state index is -3.83. The summed E-state index contributed by atoms with van der Waals surface area (Å²) >= 11 is 0. The van der Waals surface area contributed by atoms with Crippen molar-refractivity contribution in [1.29, 1.82) is 0 Å². The number of hydrogen-bond donors (Lipinski definition) is 2. The molecule has 0 spiro atoms. The maximum absolute atomic E-state index is 13.1. The monoisotopic (exact) mass is 430 g/mol. The lowest BCUT2D eigenvalue weighted by atomic mass is 9.87. The molecule has 0 saturated heterocycles. The molecule has 0 heterocycles. The zero-order chi connectivity index (χ0) is 21.9. The van der Waals surface area contributed by atoms with E-state index in [2.05, 4.69) is 17.0 Å². The van der Waals surface area contributed by atoms with Gasteiger partial charge in [-0.3, -0.25) is 4.79 Å². The van der Waals surface area contributed by atoms with Crippen LogP contribution in [0.25, 0.3) is 0 Å². The largest absolute Gasteiger partial charge is 0.495 e. The molecule has 1 aliphatic rings. The minimum Gasteiger partial charge on any atom is -0.495 e. The van der Waals surface area contributed by atoms with Crippen LogP contribution in [0.5, 0.6) is 5.75 Å². The lowest BCUT2D eigenvalue weighted by Gasteiger charge is -2.29. The van der Waals surface area contributed by atoms with Crippen LogP contribution in [-0.4, -0.2) is 27.5 Å². The van der Waals surface area contributed by atoms with E-state index in [1.165, 1.54) is 19.2 Å². The summed E-state index contributed by atoms with van der Waals surface area (Å²) in [7, 11) is -2.41. The standard InChI is InChI=1S/C23H30N2O4S/c1-15-9-10-17(3)20(13-15)24-23(26)18-11-12-21(29-4)22(14-18)30(27,28)25-19-8-6-5-7-16(19)2/h9-14,16,19,25H,5-8H2,1-4H3,(H,24,26). The molecule has 30 heavy (non-hydrogen) atoms. The predicted octanol–water partition coefficient (Wildman–Crippen LogP) is 4.42. The normalized spacial score (nSPS) is 19.3. The number of aryl methyl sites for hydroxylation is 2. The molecular formula is C23H30N2O4S. The number of sulfonamides is 1. The summed E-state index contributed by atoms with van der Waals surface area (Å²) in [6, 6.07) is 10.2. The molecule has 1 fully saturated rings. The van der Waals surface area contributed by atoms with Crippen LogP contribution in [0.3, 0.4) is 0 Å². The van der Waals surface area contributed by atoms with Crippen molar-refractivity contribution >= 4 is 21.6 Å². The molecule has 6 nitrogen and oxygen atoms in total. The average molecular weight is 431 g/mol. The second kappa shape index (κ2) is 9.18. The quantitative estimate of drug-likeness (QED) is 0.710. The van der Waals surface area contributed by atoms with Gasteiger partial charge in [0.2, 0.25) is 10.0 Å². The van der Waals surface area contributed by atoms with Crippen molar-refractivity contribution in [3.05, 3.63) is 53.1 Å². The molecule has 2 aromatic carbocycles. The topological polar surface area (TPSA) is 84.5 Å². The minimum absolute atomic E-state index is 0.0172. The number of ether oxygens (including phenoxy) is 1. The van der Waals surface area contributed by atoms with Crippen LogP contribution in [0, 0.1) is 19.8 Å². The average Bonchev–Trinajstić information content (AvgIpc) is 2.71. The Morgan fingerprint density at radius 1 is 1.07 bits per heavy atom. The summed E-state index contributed by atoms with van der Waals surface area (Å²) in [5, 5.41) is 2.88. The summed E-state index contributed by atoms with van der Waals surface area (Å²) in [4.78, 5) is 12.8. The molecule has 1 aliphatic carbocycles. The van der Waals surface area contributed by atoms with Gasteiger partial charge in [0, 0.05) is 17.3 Å². The van der Waals surface area contributed by atoms with Gasteiger partial charge in [-0.2, -0.15) is 0 Å². The Labute approximate surface area is 179 Å². The summed E-state index contributed by atoms with van der Waals surface area (Å²) < 4.78 is 34.4. The number of methoxy groups -OCH3 is 1. The fourth-order valence-corrected chi connectivity index (χ4v) is 5.42. The van der Waals surface area contributed by atoms with Gasteiger partial charge in [-0.1, -0.05) is 31.9 Å². The van der Waals surface area contributed by atoms with Crippen molar-refractivity contribution in [3.8, 4) is 5.75 Å². The molecule has 1 saturated carbocycles. The summed E-state index contributed by atoms with van der Waals surface area (Å²) in [6.07, 6.45) is 3.95. The second-order valence-electron chi connectivity index (χ2n) is 8.13. The highest BCUT2D eigenvalue weighted by Crippen LogP contribution is 2.29. The smallest absolute Gasteiger partial charge is 0.255 e. The number of benzene rings is 2. The zero-order valence-electron chi connectivity index (χ0n) is 18.0. The molecule has 2 N–H and O–H groups in total. The Hall–Kier alpha value is -2.38. The predicted molar refractivity (Wildman–Crippen MR) is 119 cm³/mol. The van der Waals surface area contributed by atoms with Crippen molar-refractivity contribution in [1.82, 2.24) is 4.72 Å². The van der Waals surface area contributed by atoms with E-state index in [0.717, 1.165) is 36.8 Å². The lowest BCUT2D eigenvalue weighted by molar-refractivity contribution is 0.102. The van der Waals surface area contributed by atoms with E-state index in [0.29, 0.717) is 5.69 Å². The number of nitrogens with one attached hydrogen (secondary N) is 2. The number of rotatable bonds is 6. The van der Waals surface area contributed by atoms with E-state index in [9.17, 15) is 13.2 Å². The van der Waals surface area contributed by atoms with Crippen molar-refractivity contribution in [2.24, 2.45) is 5.92 Å². The molecule has 2 unspecified atom stereocenters. The second-order valence-corrected chi connectivity index (χ2v) is 9.81. The number of anilines is 1. The third-order valence-electron chi connectivity index (χ3n) is 5.77. The molecule has 3 rings (SSSR count). The number of carbonyl (C=O) groups is 1. The van der Waals surface area contributed by atoms with Gasteiger partial charge >= 0.3 is 0 Å². The Kier molecular flexibility index (Phi) is 6.83. The molecule has 0 aromatic heterocycles. The van der Waals surface area contributed by atoms with E-state index < -0.39 is 10.0 Å². The first-order valence-electron chi connectivity index (χ1n) is 10.3. The van der Waals surface area contributed by atoms with Crippen LogP contribution < -0.4 is 14.8 Å². The van der Waals surface area contributed by atoms with Gasteiger partial charge in [0.25, 0.3) is 5.91 Å². The van der Waals surface area contributed by atoms with Crippen LogP contribution in [0.2, 0.25) is 0 Å².